The minimum Gasteiger partial charge on any atom is -0.325 e. The molecule has 8 heteroatoms. The third kappa shape index (κ3) is 4.88. The lowest BCUT2D eigenvalue weighted by molar-refractivity contribution is -0.117. The Labute approximate surface area is 146 Å². The van der Waals surface area contributed by atoms with Crippen molar-refractivity contribution in [3.8, 4) is 0 Å². The predicted octanol–water partition coefficient (Wildman–Crippen LogP) is 2.08. The number of nitrogens with one attached hydrogen (secondary N) is 1. The number of carbonyl (C=O) groups excluding carboxylic acids is 1. The summed E-state index contributed by atoms with van der Waals surface area (Å²) in [4.78, 5) is 14.1. The van der Waals surface area contributed by atoms with Crippen LogP contribution in [0.3, 0.4) is 0 Å². The van der Waals surface area contributed by atoms with E-state index in [2.05, 4.69) is 5.32 Å². The highest BCUT2D eigenvalue weighted by Crippen LogP contribution is 2.23. The van der Waals surface area contributed by atoms with Gasteiger partial charge < -0.3 is 5.32 Å². The van der Waals surface area contributed by atoms with Crippen LogP contribution >= 0.6 is 11.3 Å². The molecule has 24 heavy (non-hydrogen) atoms. The van der Waals surface area contributed by atoms with E-state index < -0.39 is 10.0 Å². The number of sulfonamides is 1. The van der Waals surface area contributed by atoms with Crippen LogP contribution in [0.2, 0.25) is 0 Å². The predicted molar refractivity (Wildman–Crippen MR) is 96.6 cm³/mol. The van der Waals surface area contributed by atoms with Crippen molar-refractivity contribution in [2.24, 2.45) is 5.14 Å². The summed E-state index contributed by atoms with van der Waals surface area (Å²) in [6.45, 7) is 4.48. The molecular formula is C16H21N3O3S2. The number of amides is 1. The van der Waals surface area contributed by atoms with E-state index in [4.69, 9.17) is 5.14 Å². The van der Waals surface area contributed by atoms with E-state index in [1.807, 2.05) is 35.7 Å². The van der Waals surface area contributed by atoms with Crippen LogP contribution in [0.5, 0.6) is 0 Å². The third-order valence-corrected chi connectivity index (χ3v) is 5.31. The topological polar surface area (TPSA) is 92.5 Å². The van der Waals surface area contributed by atoms with E-state index in [-0.39, 0.29) is 17.3 Å². The van der Waals surface area contributed by atoms with Crippen LogP contribution in [0.15, 0.2) is 33.9 Å². The Morgan fingerprint density at radius 1 is 1.33 bits per heavy atom. The molecule has 130 valence electrons. The molecule has 1 heterocycles. The Morgan fingerprint density at radius 2 is 2.04 bits per heavy atom. The molecule has 1 aromatic carbocycles. The maximum atomic E-state index is 12.2. The minimum atomic E-state index is -3.82. The fourth-order valence-corrected chi connectivity index (χ4v) is 3.59. The number of likely N-dealkylation sites (N-methyl/N-ethyl adjacent to an activating group) is 1. The first kappa shape index (κ1) is 18.6. The van der Waals surface area contributed by atoms with Gasteiger partial charge in [-0.3, -0.25) is 9.69 Å². The number of primary sulfonamides is 1. The molecule has 0 radical (unpaired) electrons. The van der Waals surface area contributed by atoms with Gasteiger partial charge in [0.25, 0.3) is 0 Å². The lowest BCUT2D eigenvalue weighted by atomic mass is 10.1. The van der Waals surface area contributed by atoms with Crippen molar-refractivity contribution < 1.29 is 13.2 Å². The van der Waals surface area contributed by atoms with E-state index in [1.54, 1.807) is 18.3 Å². The van der Waals surface area contributed by atoms with Crippen LogP contribution in [0.1, 0.15) is 16.7 Å². The molecule has 1 amide bonds. The van der Waals surface area contributed by atoms with Crippen molar-refractivity contribution in [2.45, 2.75) is 25.3 Å². The standard InChI is InChI=1S/C16H21N3O3S2/c1-11-6-14(24(17,21)22)7-15(12(11)2)18-16(20)9-19(3)8-13-4-5-23-10-13/h4-7,10H,8-9H2,1-3H3,(H,18,20)(H2,17,21,22). The first-order valence-electron chi connectivity index (χ1n) is 7.30. The Bertz CT molecular complexity index is 831. The number of rotatable bonds is 6. The maximum Gasteiger partial charge on any atom is 0.238 e. The van der Waals surface area contributed by atoms with E-state index >= 15 is 0 Å². The van der Waals surface area contributed by atoms with Gasteiger partial charge in [-0.15, -0.1) is 0 Å². The molecule has 0 atom stereocenters. The van der Waals surface area contributed by atoms with Crippen LogP contribution in [0, 0.1) is 13.8 Å². The molecule has 0 bridgehead atoms. The van der Waals surface area contributed by atoms with Crippen molar-refractivity contribution in [3.05, 3.63) is 45.6 Å². The molecule has 0 unspecified atom stereocenters. The monoisotopic (exact) mass is 367 g/mol. The number of thiophene rings is 1. The molecule has 0 spiro atoms. The molecule has 0 aliphatic rings. The van der Waals surface area contributed by atoms with Crippen LogP contribution < -0.4 is 10.5 Å². The smallest absolute Gasteiger partial charge is 0.238 e. The SMILES string of the molecule is Cc1cc(S(N)(=O)=O)cc(NC(=O)CN(C)Cc2ccsc2)c1C. The van der Waals surface area contributed by atoms with E-state index in [9.17, 15) is 13.2 Å². The zero-order valence-electron chi connectivity index (χ0n) is 13.9. The average molecular weight is 367 g/mol. The molecule has 3 N–H and O–H groups in total. The van der Waals surface area contributed by atoms with Crippen molar-refractivity contribution >= 4 is 33.0 Å². The summed E-state index contributed by atoms with van der Waals surface area (Å²) in [6, 6.07) is 4.92. The molecule has 0 fully saturated rings. The Morgan fingerprint density at radius 3 is 2.62 bits per heavy atom. The molecule has 0 saturated heterocycles. The second kappa shape index (κ2) is 7.43. The van der Waals surface area contributed by atoms with Crippen LogP contribution in [-0.2, 0) is 21.4 Å². The van der Waals surface area contributed by atoms with Gasteiger partial charge in [0.2, 0.25) is 15.9 Å². The molecule has 0 aliphatic heterocycles. The molecule has 2 rings (SSSR count). The van der Waals surface area contributed by atoms with E-state index in [0.717, 1.165) is 16.7 Å². The van der Waals surface area contributed by atoms with Gasteiger partial charge in [-0.25, -0.2) is 13.6 Å². The quantitative estimate of drug-likeness (QED) is 0.817. The van der Waals surface area contributed by atoms with Gasteiger partial charge in [0.15, 0.2) is 0 Å². The summed E-state index contributed by atoms with van der Waals surface area (Å²) in [6.07, 6.45) is 0. The highest BCUT2D eigenvalue weighted by atomic mass is 32.2. The number of nitrogens with zero attached hydrogens (tertiary/aromatic N) is 1. The Hall–Kier alpha value is -1.74. The summed E-state index contributed by atoms with van der Waals surface area (Å²) in [5.41, 5.74) is 3.19. The van der Waals surface area contributed by atoms with Gasteiger partial charge >= 0.3 is 0 Å². The van der Waals surface area contributed by atoms with Crippen molar-refractivity contribution in [1.82, 2.24) is 4.90 Å². The Kier molecular flexibility index (Phi) is 5.76. The average Bonchev–Trinajstić information content (AvgIpc) is 2.95. The molecular weight excluding hydrogens is 346 g/mol. The number of nitrogens with two attached hydrogens (primary N) is 1. The number of anilines is 1. The van der Waals surface area contributed by atoms with Crippen LogP contribution in [0.25, 0.3) is 0 Å². The number of aryl methyl sites for hydroxylation is 1. The highest BCUT2D eigenvalue weighted by Gasteiger charge is 2.15. The summed E-state index contributed by atoms with van der Waals surface area (Å²) in [7, 11) is -1.96. The summed E-state index contributed by atoms with van der Waals surface area (Å²) in [5, 5.41) is 12.0. The minimum absolute atomic E-state index is 0.00692. The van der Waals surface area contributed by atoms with Gasteiger partial charge in [-0.1, -0.05) is 0 Å². The van der Waals surface area contributed by atoms with Crippen LogP contribution in [-0.4, -0.2) is 32.8 Å². The lowest BCUT2D eigenvalue weighted by Crippen LogP contribution is -2.30. The number of benzene rings is 1. The van der Waals surface area contributed by atoms with E-state index in [0.29, 0.717) is 12.2 Å². The fourth-order valence-electron chi connectivity index (χ4n) is 2.31. The fraction of sp³-hybridized carbons (Fsp3) is 0.312. The van der Waals surface area contributed by atoms with Crippen molar-refractivity contribution in [1.29, 1.82) is 0 Å². The van der Waals surface area contributed by atoms with E-state index in [1.165, 1.54) is 12.1 Å². The number of hydrogen-bond donors (Lipinski definition) is 2. The van der Waals surface area contributed by atoms with Gasteiger partial charge in [-0.2, -0.15) is 11.3 Å². The normalized spacial score (nSPS) is 11.7. The number of hydrogen-bond acceptors (Lipinski definition) is 5. The second-order valence-electron chi connectivity index (χ2n) is 5.81. The molecule has 6 nitrogen and oxygen atoms in total. The van der Waals surface area contributed by atoms with Gasteiger partial charge in [0, 0.05) is 12.2 Å². The maximum absolute atomic E-state index is 12.2. The largest absolute Gasteiger partial charge is 0.325 e. The summed E-state index contributed by atoms with van der Waals surface area (Å²) in [5.74, 6) is -0.207. The first-order valence-corrected chi connectivity index (χ1v) is 9.79. The zero-order chi connectivity index (χ0) is 17.9. The highest BCUT2D eigenvalue weighted by molar-refractivity contribution is 7.89. The van der Waals surface area contributed by atoms with Gasteiger partial charge in [0.05, 0.1) is 11.4 Å². The number of carbonyl (C=O) groups is 1. The molecule has 0 saturated carbocycles. The molecule has 0 aliphatic carbocycles. The second-order valence-corrected chi connectivity index (χ2v) is 8.15. The van der Waals surface area contributed by atoms with Crippen molar-refractivity contribution in [2.75, 3.05) is 18.9 Å². The molecule has 2 aromatic rings. The third-order valence-electron chi connectivity index (χ3n) is 3.69. The van der Waals surface area contributed by atoms with Crippen LogP contribution in [0.4, 0.5) is 5.69 Å². The zero-order valence-corrected chi connectivity index (χ0v) is 15.5. The van der Waals surface area contributed by atoms with Gasteiger partial charge in [-0.05, 0) is 66.5 Å². The summed E-state index contributed by atoms with van der Waals surface area (Å²) >= 11 is 1.61. The van der Waals surface area contributed by atoms with Gasteiger partial charge in [0.1, 0.15) is 0 Å². The van der Waals surface area contributed by atoms with Crippen molar-refractivity contribution in [3.63, 3.8) is 0 Å². The summed E-state index contributed by atoms with van der Waals surface area (Å²) < 4.78 is 23.1. The molecule has 1 aromatic heterocycles. The lowest BCUT2D eigenvalue weighted by Gasteiger charge is -2.17. The Balaban J connectivity index is 2.09. The first-order chi connectivity index (χ1) is 11.2.